The number of rotatable bonds is 7. The van der Waals surface area contributed by atoms with E-state index < -0.39 is 10.8 Å². The first kappa shape index (κ1) is 26.4. The number of benzene rings is 1. The van der Waals surface area contributed by atoms with E-state index in [0.29, 0.717) is 18.7 Å². The Hall–Kier alpha value is -4.69. The zero-order valence-electron chi connectivity index (χ0n) is 21.5. The predicted molar refractivity (Wildman–Crippen MR) is 140 cm³/mol. The SMILES string of the molecule is Cc1c(C(=O)N=c2c(C#N)cc3c(=O)n4cccc(C)c4nc3n2CCCOC(C)C)cccc1[N+](=O)[O-]. The number of hydrogen-bond acceptors (Lipinski definition) is 7. The highest BCUT2D eigenvalue weighted by molar-refractivity contribution is 5.97. The van der Waals surface area contributed by atoms with Crippen LogP contribution in [0.4, 0.5) is 5.69 Å². The topological polar surface area (TPSA) is 145 Å². The van der Waals surface area contributed by atoms with Gasteiger partial charge in [0.1, 0.15) is 17.4 Å². The van der Waals surface area contributed by atoms with Gasteiger partial charge in [-0.15, -0.1) is 0 Å². The van der Waals surface area contributed by atoms with Crippen molar-refractivity contribution in [1.29, 1.82) is 5.26 Å². The lowest BCUT2D eigenvalue weighted by molar-refractivity contribution is -0.385. The minimum atomic E-state index is -0.747. The number of fused-ring (bicyclic) bond motifs is 2. The second-order valence-electron chi connectivity index (χ2n) is 9.08. The van der Waals surface area contributed by atoms with Crippen LogP contribution in [0.25, 0.3) is 16.7 Å². The molecule has 0 saturated heterocycles. The van der Waals surface area contributed by atoms with Crippen LogP contribution in [0.3, 0.4) is 0 Å². The number of aryl methyl sites for hydroxylation is 2. The molecule has 3 heterocycles. The van der Waals surface area contributed by atoms with E-state index in [1.807, 2.05) is 32.9 Å². The molecule has 11 heteroatoms. The second kappa shape index (κ2) is 10.7. The summed E-state index contributed by atoms with van der Waals surface area (Å²) >= 11 is 0. The molecule has 0 atom stereocenters. The summed E-state index contributed by atoms with van der Waals surface area (Å²) in [5.41, 5.74) is 1.15. The highest BCUT2D eigenvalue weighted by Crippen LogP contribution is 2.22. The Balaban J connectivity index is 2.02. The van der Waals surface area contributed by atoms with Crippen LogP contribution < -0.4 is 11.0 Å². The van der Waals surface area contributed by atoms with Crippen molar-refractivity contribution in [2.24, 2.45) is 4.99 Å². The normalized spacial score (nSPS) is 11.8. The lowest BCUT2D eigenvalue weighted by Crippen LogP contribution is -2.30. The largest absolute Gasteiger partial charge is 0.379 e. The molecule has 38 heavy (non-hydrogen) atoms. The molecule has 1 amide bonds. The van der Waals surface area contributed by atoms with Crippen LogP contribution >= 0.6 is 0 Å². The summed E-state index contributed by atoms with van der Waals surface area (Å²) in [6.45, 7) is 7.78. The van der Waals surface area contributed by atoms with E-state index in [-0.39, 0.29) is 57.1 Å². The number of nitriles is 1. The molecule has 4 aromatic rings. The molecule has 4 rings (SSSR count). The van der Waals surface area contributed by atoms with Crippen molar-refractivity contribution in [3.63, 3.8) is 0 Å². The van der Waals surface area contributed by atoms with E-state index in [1.165, 1.54) is 35.6 Å². The smallest absolute Gasteiger partial charge is 0.279 e. The van der Waals surface area contributed by atoms with E-state index in [2.05, 4.69) is 4.99 Å². The van der Waals surface area contributed by atoms with Gasteiger partial charge < -0.3 is 9.30 Å². The standard InChI is InChI=1S/C27H26N6O5/c1-16(2)38-13-7-12-31-24(30-26(34)20-9-5-10-22(18(20)4)33(36)37)19(15-28)14-21-25(31)29-23-17(3)8-6-11-32(23)27(21)35/h5-6,8-11,14,16H,7,12-13H2,1-4H3. The molecule has 0 spiro atoms. The van der Waals surface area contributed by atoms with Gasteiger partial charge in [0.15, 0.2) is 5.49 Å². The van der Waals surface area contributed by atoms with Gasteiger partial charge in [-0.2, -0.15) is 10.3 Å². The molecular formula is C27H26N6O5. The third kappa shape index (κ3) is 4.94. The number of pyridine rings is 2. The maximum atomic E-state index is 13.4. The fraction of sp³-hybridized carbons (Fsp3) is 0.296. The number of nitro benzene ring substituents is 1. The van der Waals surface area contributed by atoms with Crippen molar-refractivity contribution in [3.05, 3.63) is 90.8 Å². The Labute approximate surface area is 217 Å². The number of ether oxygens (including phenoxy) is 1. The molecular weight excluding hydrogens is 488 g/mol. The summed E-state index contributed by atoms with van der Waals surface area (Å²) in [4.78, 5) is 46.5. The van der Waals surface area contributed by atoms with Crippen LogP contribution in [0.2, 0.25) is 0 Å². The number of hydrogen-bond donors (Lipinski definition) is 0. The monoisotopic (exact) mass is 514 g/mol. The number of carbonyl (C=O) groups is 1. The van der Waals surface area contributed by atoms with Crippen molar-refractivity contribution in [3.8, 4) is 6.07 Å². The van der Waals surface area contributed by atoms with Crippen LogP contribution in [-0.4, -0.2) is 37.5 Å². The highest BCUT2D eigenvalue weighted by Gasteiger charge is 2.20. The molecule has 0 N–H and O–H groups in total. The summed E-state index contributed by atoms with van der Waals surface area (Å²) < 4.78 is 8.66. The van der Waals surface area contributed by atoms with Gasteiger partial charge in [0.25, 0.3) is 17.2 Å². The zero-order valence-corrected chi connectivity index (χ0v) is 21.5. The van der Waals surface area contributed by atoms with E-state index in [1.54, 1.807) is 16.8 Å². The van der Waals surface area contributed by atoms with Crippen LogP contribution in [0.15, 0.2) is 52.4 Å². The number of carbonyl (C=O) groups excluding carboxylic acids is 1. The first-order valence-corrected chi connectivity index (χ1v) is 12.0. The van der Waals surface area contributed by atoms with Crippen molar-refractivity contribution in [2.45, 2.75) is 46.8 Å². The molecule has 0 fully saturated rings. The number of nitrogens with zero attached hydrogens (tertiary/aromatic N) is 6. The Bertz CT molecular complexity index is 1760. The van der Waals surface area contributed by atoms with E-state index in [9.17, 15) is 25.0 Å². The van der Waals surface area contributed by atoms with Crippen molar-refractivity contribution in [1.82, 2.24) is 14.0 Å². The van der Waals surface area contributed by atoms with Gasteiger partial charge >= 0.3 is 0 Å². The lowest BCUT2D eigenvalue weighted by Gasteiger charge is -2.15. The summed E-state index contributed by atoms with van der Waals surface area (Å²) in [5, 5.41) is 21.6. The van der Waals surface area contributed by atoms with Gasteiger partial charge in [0.2, 0.25) is 0 Å². The van der Waals surface area contributed by atoms with Gasteiger partial charge in [0.05, 0.1) is 27.5 Å². The first-order chi connectivity index (χ1) is 18.1. The fourth-order valence-electron chi connectivity index (χ4n) is 4.25. The van der Waals surface area contributed by atoms with Crippen LogP contribution in [-0.2, 0) is 11.3 Å². The first-order valence-electron chi connectivity index (χ1n) is 12.0. The second-order valence-corrected chi connectivity index (χ2v) is 9.08. The zero-order chi connectivity index (χ0) is 27.6. The summed E-state index contributed by atoms with van der Waals surface area (Å²) in [7, 11) is 0. The molecule has 0 unspecified atom stereocenters. The fourth-order valence-corrected chi connectivity index (χ4v) is 4.25. The minimum absolute atomic E-state index is 0.00483. The number of aromatic nitrogens is 3. The Kier molecular flexibility index (Phi) is 7.45. The summed E-state index contributed by atoms with van der Waals surface area (Å²) in [6.07, 6.45) is 2.12. The Morgan fingerprint density at radius 3 is 2.68 bits per heavy atom. The van der Waals surface area contributed by atoms with Crippen LogP contribution in [0.5, 0.6) is 0 Å². The van der Waals surface area contributed by atoms with E-state index in [0.717, 1.165) is 5.56 Å². The molecule has 0 aliphatic carbocycles. The molecule has 194 valence electrons. The lowest BCUT2D eigenvalue weighted by atomic mass is 10.1. The maximum Gasteiger partial charge on any atom is 0.279 e. The summed E-state index contributed by atoms with van der Waals surface area (Å²) in [6, 6.07) is 11.2. The molecule has 0 aliphatic heterocycles. The van der Waals surface area contributed by atoms with Gasteiger partial charge in [-0.05, 0) is 57.9 Å². The Morgan fingerprint density at radius 2 is 2.00 bits per heavy atom. The quantitative estimate of drug-likeness (QED) is 0.158. The van der Waals surface area contributed by atoms with Gasteiger partial charge in [-0.3, -0.25) is 24.1 Å². The highest BCUT2D eigenvalue weighted by atomic mass is 16.6. The average Bonchev–Trinajstić information content (AvgIpc) is 2.87. The third-order valence-corrected chi connectivity index (χ3v) is 6.14. The van der Waals surface area contributed by atoms with Crippen molar-refractivity contribution >= 4 is 28.3 Å². The minimum Gasteiger partial charge on any atom is -0.379 e. The summed E-state index contributed by atoms with van der Waals surface area (Å²) in [5.74, 6) is -0.747. The van der Waals surface area contributed by atoms with Gasteiger partial charge in [-0.25, -0.2) is 4.98 Å². The molecule has 0 radical (unpaired) electrons. The van der Waals surface area contributed by atoms with Crippen molar-refractivity contribution < 1.29 is 14.5 Å². The molecule has 3 aromatic heterocycles. The van der Waals surface area contributed by atoms with Crippen molar-refractivity contribution in [2.75, 3.05) is 6.61 Å². The molecule has 0 bridgehead atoms. The molecule has 11 nitrogen and oxygen atoms in total. The van der Waals surface area contributed by atoms with Crippen LogP contribution in [0, 0.1) is 35.3 Å². The third-order valence-electron chi connectivity index (χ3n) is 6.14. The number of amides is 1. The maximum absolute atomic E-state index is 13.4. The van der Waals surface area contributed by atoms with Gasteiger partial charge in [0, 0.05) is 31.0 Å². The predicted octanol–water partition coefficient (Wildman–Crippen LogP) is 3.60. The molecule has 0 saturated carbocycles. The number of nitro groups is 1. The van der Waals surface area contributed by atoms with Crippen LogP contribution in [0.1, 0.15) is 47.3 Å². The van der Waals surface area contributed by atoms with Gasteiger partial charge in [-0.1, -0.05) is 12.1 Å². The Morgan fingerprint density at radius 1 is 1.24 bits per heavy atom. The van der Waals surface area contributed by atoms with E-state index >= 15 is 0 Å². The van der Waals surface area contributed by atoms with E-state index in [4.69, 9.17) is 9.72 Å². The molecule has 1 aromatic carbocycles. The average molecular weight is 515 g/mol. The molecule has 0 aliphatic rings.